The van der Waals surface area contributed by atoms with Crippen LogP contribution in [0.4, 0.5) is 5.69 Å². The van der Waals surface area contributed by atoms with E-state index in [0.29, 0.717) is 28.4 Å². The molecule has 0 fully saturated rings. The van der Waals surface area contributed by atoms with Crippen molar-refractivity contribution in [2.45, 2.75) is 6.54 Å². The van der Waals surface area contributed by atoms with Crippen molar-refractivity contribution in [2.75, 3.05) is 14.2 Å². The number of hydrogen-bond donors (Lipinski definition) is 1. The van der Waals surface area contributed by atoms with Crippen LogP contribution in [0.1, 0.15) is 16.1 Å². The van der Waals surface area contributed by atoms with Gasteiger partial charge < -0.3 is 14.6 Å². The summed E-state index contributed by atoms with van der Waals surface area (Å²) in [6, 6.07) is 21.8. The number of ether oxygens (including phenoxy) is 2. The van der Waals surface area contributed by atoms with Gasteiger partial charge in [-0.2, -0.15) is 0 Å². The molecule has 0 radical (unpaired) electrons. The minimum atomic E-state index is -0.778. The molecule has 0 aliphatic carbocycles. The van der Waals surface area contributed by atoms with Crippen molar-refractivity contribution >= 4 is 17.4 Å². The second-order valence-electron chi connectivity index (χ2n) is 7.28. The van der Waals surface area contributed by atoms with E-state index in [-0.39, 0.29) is 18.0 Å². The lowest BCUT2D eigenvalue weighted by molar-refractivity contribution is -0.745. The monoisotopic (exact) mass is 458 g/mol. The van der Waals surface area contributed by atoms with Crippen LogP contribution in [0, 0.1) is 0 Å². The van der Waals surface area contributed by atoms with E-state index in [4.69, 9.17) is 9.47 Å². The molecule has 1 aromatic heterocycles. The predicted molar refractivity (Wildman–Crippen MR) is 123 cm³/mol. The summed E-state index contributed by atoms with van der Waals surface area (Å²) in [6.45, 7) is -0.248. The standard InChI is InChI=1S/C25H22N4O5/c1-33-20-12-8-18(9-13-20)26-24(31)23-25(32)29(19-10-14-21(34-2)15-11-19)27-28(23)16-22(30)17-6-4-3-5-7-17/h3-15H,16H2,1-2H3,(H-,26,27,31,32). The Morgan fingerprint density at radius 1 is 0.941 bits per heavy atom. The zero-order valence-corrected chi connectivity index (χ0v) is 18.6. The molecule has 3 aromatic carbocycles. The molecule has 4 rings (SSSR count). The number of H-pyrrole nitrogens is 1. The van der Waals surface area contributed by atoms with Gasteiger partial charge in [0.25, 0.3) is 0 Å². The largest absolute Gasteiger partial charge is 0.855 e. The van der Waals surface area contributed by atoms with E-state index in [1.807, 2.05) is 0 Å². The van der Waals surface area contributed by atoms with E-state index in [1.54, 1.807) is 78.9 Å². The molecule has 34 heavy (non-hydrogen) atoms. The van der Waals surface area contributed by atoms with E-state index in [0.717, 1.165) is 0 Å². The molecule has 9 nitrogen and oxygen atoms in total. The molecule has 0 saturated heterocycles. The Kier molecular flexibility index (Phi) is 6.54. The van der Waals surface area contributed by atoms with Gasteiger partial charge in [-0.3, -0.25) is 9.79 Å². The Balaban J connectivity index is 1.78. The fraction of sp³-hybridized carbons (Fsp3) is 0.120. The Labute approximate surface area is 195 Å². The molecule has 0 bridgehead atoms. The summed E-state index contributed by atoms with van der Waals surface area (Å²) in [5, 5.41) is 15.9. The fourth-order valence-corrected chi connectivity index (χ4v) is 3.35. The second-order valence-corrected chi connectivity index (χ2v) is 7.28. The highest BCUT2D eigenvalue weighted by atomic mass is 16.5. The lowest BCUT2D eigenvalue weighted by Gasteiger charge is -2.07. The van der Waals surface area contributed by atoms with Crippen molar-refractivity contribution < 1.29 is 24.1 Å². The number of carbonyl (C=O) groups excluding carboxylic acids is 1. The van der Waals surface area contributed by atoms with E-state index >= 15 is 0 Å². The number of benzene rings is 3. The van der Waals surface area contributed by atoms with Crippen LogP contribution in [-0.4, -0.2) is 35.8 Å². The number of carbonyl (C=O) groups is 1. The fourth-order valence-electron chi connectivity index (χ4n) is 3.35. The first-order chi connectivity index (χ1) is 16.5. The molecule has 0 unspecified atom stereocenters. The topological polar surface area (TPSA) is 113 Å². The molecule has 0 atom stereocenters. The van der Waals surface area contributed by atoms with Gasteiger partial charge in [0.15, 0.2) is 12.2 Å². The zero-order valence-electron chi connectivity index (χ0n) is 18.6. The van der Waals surface area contributed by atoms with Crippen molar-refractivity contribution in [3.8, 4) is 17.2 Å². The SMILES string of the molecule is COc1ccc(N=C([O-])c2c(=O)n(-c3ccc(OC)cc3)[nH][n+]2CC(=O)c2ccccc2)cc1. The number of aromatic nitrogens is 3. The zero-order chi connectivity index (χ0) is 24.1. The van der Waals surface area contributed by atoms with E-state index in [1.165, 1.54) is 23.6 Å². The summed E-state index contributed by atoms with van der Waals surface area (Å²) in [5.74, 6) is 0.173. The maximum absolute atomic E-state index is 13.3. The van der Waals surface area contributed by atoms with Crippen LogP contribution in [0.25, 0.3) is 5.69 Å². The van der Waals surface area contributed by atoms with Crippen molar-refractivity contribution in [3.63, 3.8) is 0 Å². The minimum Gasteiger partial charge on any atom is -0.855 e. The number of ketones is 1. The van der Waals surface area contributed by atoms with Gasteiger partial charge in [-0.15, -0.1) is 4.68 Å². The summed E-state index contributed by atoms with van der Waals surface area (Å²) in [6.07, 6.45) is 0. The van der Waals surface area contributed by atoms with Crippen molar-refractivity contribution in [1.82, 2.24) is 9.90 Å². The van der Waals surface area contributed by atoms with Crippen molar-refractivity contribution in [2.24, 2.45) is 4.99 Å². The molecule has 1 N–H and O–H groups in total. The number of hydrogen-bond acceptors (Lipinski definition) is 6. The van der Waals surface area contributed by atoms with Crippen LogP contribution >= 0.6 is 0 Å². The molecule has 4 aromatic rings. The van der Waals surface area contributed by atoms with Crippen LogP contribution in [0.15, 0.2) is 88.6 Å². The van der Waals surface area contributed by atoms with Gasteiger partial charge in [-0.1, -0.05) is 40.2 Å². The second kappa shape index (κ2) is 9.86. The Hall–Kier alpha value is -4.66. The van der Waals surface area contributed by atoms with Crippen molar-refractivity contribution in [3.05, 3.63) is 100 Å². The summed E-state index contributed by atoms with van der Waals surface area (Å²) >= 11 is 0. The molecule has 0 aliphatic heterocycles. The summed E-state index contributed by atoms with van der Waals surface area (Å²) < 4.78 is 12.7. The molecular formula is C25H22N4O5. The summed E-state index contributed by atoms with van der Waals surface area (Å²) in [4.78, 5) is 30.2. The number of rotatable bonds is 8. The molecular weight excluding hydrogens is 436 g/mol. The van der Waals surface area contributed by atoms with Crippen LogP contribution in [0.2, 0.25) is 0 Å². The number of methoxy groups -OCH3 is 2. The third-order valence-electron chi connectivity index (χ3n) is 5.13. The summed E-state index contributed by atoms with van der Waals surface area (Å²) in [7, 11) is 3.07. The van der Waals surface area contributed by atoms with Gasteiger partial charge in [0.1, 0.15) is 11.5 Å². The summed E-state index contributed by atoms with van der Waals surface area (Å²) in [5.41, 5.74) is 0.376. The van der Waals surface area contributed by atoms with Gasteiger partial charge in [0, 0.05) is 11.5 Å². The van der Waals surface area contributed by atoms with Crippen molar-refractivity contribution in [1.29, 1.82) is 0 Å². The van der Waals surface area contributed by atoms with Crippen LogP contribution in [-0.2, 0) is 6.54 Å². The lowest BCUT2D eigenvalue weighted by Crippen LogP contribution is -2.48. The number of Topliss-reactive ketones (excluding diaryl/α,β-unsaturated/α-hetero) is 1. The van der Waals surface area contributed by atoms with Gasteiger partial charge >= 0.3 is 5.56 Å². The number of nitrogens with zero attached hydrogens (tertiary/aromatic N) is 3. The maximum atomic E-state index is 13.3. The first kappa shape index (κ1) is 22.5. The molecule has 9 heteroatoms. The molecule has 1 heterocycles. The van der Waals surface area contributed by atoms with Crippen LogP contribution in [0.3, 0.4) is 0 Å². The molecule has 0 spiro atoms. The highest BCUT2D eigenvalue weighted by Crippen LogP contribution is 2.18. The molecule has 0 aliphatic rings. The average Bonchev–Trinajstić information content (AvgIpc) is 3.20. The van der Waals surface area contributed by atoms with Gasteiger partial charge in [0.05, 0.1) is 19.9 Å². The van der Waals surface area contributed by atoms with Gasteiger partial charge in [0.2, 0.25) is 11.5 Å². The molecule has 172 valence electrons. The van der Waals surface area contributed by atoms with Crippen LogP contribution < -0.4 is 24.8 Å². The Morgan fingerprint density at radius 3 is 2.12 bits per heavy atom. The normalized spacial score (nSPS) is 11.3. The highest BCUT2D eigenvalue weighted by molar-refractivity contribution is 5.95. The van der Waals surface area contributed by atoms with Gasteiger partial charge in [-0.25, -0.2) is 4.79 Å². The molecule has 0 amide bonds. The average molecular weight is 458 g/mol. The van der Waals surface area contributed by atoms with E-state index < -0.39 is 11.5 Å². The number of nitrogens with one attached hydrogen (secondary N) is 1. The minimum absolute atomic E-state index is 0.248. The first-order valence-electron chi connectivity index (χ1n) is 10.4. The van der Waals surface area contributed by atoms with E-state index in [2.05, 4.69) is 10.2 Å². The van der Waals surface area contributed by atoms with Gasteiger partial charge in [-0.05, 0) is 48.5 Å². The maximum Gasteiger partial charge on any atom is 0.406 e. The lowest BCUT2D eigenvalue weighted by atomic mass is 10.1. The van der Waals surface area contributed by atoms with E-state index in [9.17, 15) is 14.7 Å². The Morgan fingerprint density at radius 2 is 1.53 bits per heavy atom. The first-order valence-corrected chi connectivity index (χ1v) is 10.4. The smallest absolute Gasteiger partial charge is 0.406 e. The number of aromatic amines is 1. The Bertz CT molecular complexity index is 1370. The number of aliphatic imine (C=N–C) groups is 1. The predicted octanol–water partition coefficient (Wildman–Crippen LogP) is 1.79. The molecule has 0 saturated carbocycles. The third-order valence-corrected chi connectivity index (χ3v) is 5.13. The third kappa shape index (κ3) is 4.73. The highest BCUT2D eigenvalue weighted by Gasteiger charge is 2.25. The van der Waals surface area contributed by atoms with Crippen LogP contribution in [0.5, 0.6) is 11.5 Å². The quantitative estimate of drug-likeness (QED) is 0.187.